The molecule has 6 N–H and O–H groups in total. The summed E-state index contributed by atoms with van der Waals surface area (Å²) >= 11 is 0. The van der Waals surface area contributed by atoms with Gasteiger partial charge in [0.15, 0.2) is 5.60 Å². The van der Waals surface area contributed by atoms with Crippen LogP contribution in [-0.2, 0) is 4.74 Å². The number of amides is 1. The van der Waals surface area contributed by atoms with Crippen LogP contribution in [-0.4, -0.2) is 99.2 Å². The Morgan fingerprint density at radius 2 is 1.88 bits per heavy atom. The van der Waals surface area contributed by atoms with Crippen molar-refractivity contribution in [2.24, 2.45) is 5.10 Å². The van der Waals surface area contributed by atoms with Gasteiger partial charge in [0, 0.05) is 24.5 Å². The molecule has 0 spiro atoms. The first-order chi connectivity index (χ1) is 19.5. The van der Waals surface area contributed by atoms with E-state index in [1.165, 1.54) is 11.2 Å². The van der Waals surface area contributed by atoms with E-state index < -0.39 is 36.8 Å². The second-order valence-electron chi connectivity index (χ2n) is 10.3. The molecule has 3 rings (SSSR count). The number of carbonyl (C=O) groups excluding carboxylic acids is 1. The number of benzene rings is 2. The predicted molar refractivity (Wildman–Crippen MR) is 154 cm³/mol. The monoisotopic (exact) mass is 571 g/mol. The van der Waals surface area contributed by atoms with Crippen LogP contribution in [0.15, 0.2) is 59.3 Å². The van der Waals surface area contributed by atoms with E-state index in [9.17, 15) is 30.3 Å². The van der Waals surface area contributed by atoms with E-state index in [4.69, 9.17) is 9.47 Å². The first-order valence-electron chi connectivity index (χ1n) is 13.5. The summed E-state index contributed by atoms with van der Waals surface area (Å²) < 4.78 is 11.9. The van der Waals surface area contributed by atoms with Crippen molar-refractivity contribution in [2.75, 3.05) is 26.8 Å². The molecule has 0 aliphatic carbocycles. The summed E-state index contributed by atoms with van der Waals surface area (Å²) in [5.74, 6) is 0.134. The van der Waals surface area contributed by atoms with Crippen molar-refractivity contribution in [3.05, 3.63) is 65.4 Å². The zero-order chi connectivity index (χ0) is 30.3. The lowest BCUT2D eigenvalue weighted by molar-refractivity contribution is -0.322. The molecule has 2 aromatic carbocycles. The lowest BCUT2D eigenvalue weighted by Gasteiger charge is -2.48. The smallest absolute Gasteiger partial charge is 0.251 e. The summed E-state index contributed by atoms with van der Waals surface area (Å²) in [5.41, 5.74) is 1.89. The number of carbonyl (C=O) groups is 1. The van der Waals surface area contributed by atoms with Crippen LogP contribution < -0.4 is 10.1 Å². The van der Waals surface area contributed by atoms with E-state index >= 15 is 0 Å². The molecule has 0 saturated carbocycles. The van der Waals surface area contributed by atoms with Gasteiger partial charge in [-0.05, 0) is 73.7 Å². The predicted octanol–water partition coefficient (Wildman–Crippen LogP) is 1.55. The van der Waals surface area contributed by atoms with Gasteiger partial charge < -0.3 is 40.3 Å². The Labute approximate surface area is 240 Å². The second kappa shape index (κ2) is 14.0. The quantitative estimate of drug-likeness (QED) is 0.173. The van der Waals surface area contributed by atoms with Crippen molar-refractivity contribution in [1.82, 2.24) is 10.3 Å². The highest BCUT2D eigenvalue weighted by molar-refractivity contribution is 5.95. The van der Waals surface area contributed by atoms with E-state index in [1.54, 1.807) is 58.2 Å². The van der Waals surface area contributed by atoms with Crippen molar-refractivity contribution in [2.45, 2.75) is 64.3 Å². The van der Waals surface area contributed by atoms with Crippen LogP contribution in [0, 0.1) is 6.92 Å². The minimum absolute atomic E-state index is 0.201. The molecule has 2 aromatic rings. The van der Waals surface area contributed by atoms with Gasteiger partial charge in [0.05, 0.1) is 19.8 Å². The Balaban J connectivity index is 1.98. The van der Waals surface area contributed by atoms with Gasteiger partial charge in [0.1, 0.15) is 24.1 Å². The fourth-order valence-corrected chi connectivity index (χ4v) is 4.46. The number of aliphatic hydroxyl groups excluding tert-OH is 4. The van der Waals surface area contributed by atoms with Crippen molar-refractivity contribution < 1.29 is 39.8 Å². The molecule has 1 saturated heterocycles. The van der Waals surface area contributed by atoms with E-state index in [0.29, 0.717) is 28.9 Å². The zero-order valence-electron chi connectivity index (χ0n) is 24.1. The minimum Gasteiger partial charge on any atom is -0.461 e. The Hall–Kier alpha value is -3.32. The van der Waals surface area contributed by atoms with E-state index in [2.05, 4.69) is 10.4 Å². The highest BCUT2D eigenvalue weighted by atomic mass is 16.7. The zero-order valence-corrected chi connectivity index (χ0v) is 24.1. The highest BCUT2D eigenvalue weighted by Gasteiger charge is 2.57. The van der Waals surface area contributed by atoms with Crippen molar-refractivity contribution in [3.8, 4) is 16.9 Å². The molecular weight excluding hydrogens is 530 g/mol. The van der Waals surface area contributed by atoms with Crippen LogP contribution >= 0.6 is 0 Å². The van der Waals surface area contributed by atoms with Gasteiger partial charge in [0.25, 0.3) is 5.91 Å². The maximum absolute atomic E-state index is 12.1. The SMILES string of the molecule is CC/C(C)=N/N(/C=C(\C)CO)C[C@]1(O)C(O)[C@H](O)C(CO)O[C@@H]1Oc1ccc(-c2cccc(C(=O)NC)c2)cc1C. The summed E-state index contributed by atoms with van der Waals surface area (Å²) in [5, 5.41) is 61.3. The van der Waals surface area contributed by atoms with Gasteiger partial charge in [0.2, 0.25) is 6.29 Å². The first-order valence-corrected chi connectivity index (χ1v) is 13.5. The van der Waals surface area contributed by atoms with Gasteiger partial charge in [-0.25, -0.2) is 0 Å². The fraction of sp³-hybridized carbons (Fsp3) is 0.467. The number of ether oxygens (including phenoxy) is 2. The maximum atomic E-state index is 12.1. The van der Waals surface area contributed by atoms with E-state index in [0.717, 1.165) is 16.8 Å². The highest BCUT2D eigenvalue weighted by Crippen LogP contribution is 2.35. The Kier molecular flexibility index (Phi) is 11.0. The largest absolute Gasteiger partial charge is 0.461 e. The van der Waals surface area contributed by atoms with Gasteiger partial charge in [-0.3, -0.25) is 9.80 Å². The van der Waals surface area contributed by atoms with Crippen molar-refractivity contribution in [1.29, 1.82) is 0 Å². The van der Waals surface area contributed by atoms with Crippen LogP contribution in [0.5, 0.6) is 5.75 Å². The summed E-state index contributed by atoms with van der Waals surface area (Å²) in [7, 11) is 1.57. The van der Waals surface area contributed by atoms with Crippen molar-refractivity contribution >= 4 is 11.6 Å². The molecule has 0 radical (unpaired) electrons. The van der Waals surface area contributed by atoms with Gasteiger partial charge in [-0.15, -0.1) is 0 Å². The summed E-state index contributed by atoms with van der Waals surface area (Å²) in [4.78, 5) is 12.1. The normalized spacial score (nSPS) is 25.1. The summed E-state index contributed by atoms with van der Waals surface area (Å²) in [6.07, 6.45) is -3.96. The number of hydrogen-bond acceptors (Lipinski definition) is 10. The second-order valence-corrected chi connectivity index (χ2v) is 10.3. The number of aliphatic hydroxyl groups is 5. The van der Waals surface area contributed by atoms with Crippen molar-refractivity contribution in [3.63, 3.8) is 0 Å². The average molecular weight is 572 g/mol. The number of nitrogens with one attached hydrogen (secondary N) is 1. The fourth-order valence-electron chi connectivity index (χ4n) is 4.46. The van der Waals surface area contributed by atoms with Crippen LogP contribution in [0.3, 0.4) is 0 Å². The number of rotatable bonds is 11. The molecule has 224 valence electrons. The number of nitrogens with zero attached hydrogens (tertiary/aromatic N) is 2. The molecule has 2 unspecified atom stereocenters. The average Bonchev–Trinajstić information content (AvgIpc) is 2.97. The number of aryl methyl sites for hydroxylation is 1. The third-order valence-corrected chi connectivity index (χ3v) is 7.04. The number of hydrazone groups is 1. The van der Waals surface area contributed by atoms with Crippen LogP contribution in [0.25, 0.3) is 11.1 Å². The Bertz CT molecular complexity index is 1250. The van der Waals surface area contributed by atoms with Gasteiger partial charge in [-0.2, -0.15) is 5.10 Å². The molecule has 1 aliphatic heterocycles. The van der Waals surface area contributed by atoms with Crippen LogP contribution in [0.1, 0.15) is 43.1 Å². The first kappa shape index (κ1) is 32.2. The Morgan fingerprint density at radius 3 is 2.49 bits per heavy atom. The molecule has 0 aromatic heterocycles. The molecule has 5 atom stereocenters. The lowest BCUT2D eigenvalue weighted by atomic mass is 9.86. The molecule has 11 nitrogen and oxygen atoms in total. The topological polar surface area (TPSA) is 164 Å². The molecule has 1 aliphatic rings. The Morgan fingerprint density at radius 1 is 1.17 bits per heavy atom. The molecule has 1 heterocycles. The lowest BCUT2D eigenvalue weighted by Crippen LogP contribution is -2.70. The molecule has 0 bridgehead atoms. The third kappa shape index (κ3) is 7.50. The summed E-state index contributed by atoms with van der Waals surface area (Å²) in [6.45, 7) is 5.97. The molecule has 11 heteroatoms. The summed E-state index contributed by atoms with van der Waals surface area (Å²) in [6, 6.07) is 12.5. The minimum atomic E-state index is -2.21. The van der Waals surface area contributed by atoms with Gasteiger partial charge >= 0.3 is 0 Å². The maximum Gasteiger partial charge on any atom is 0.251 e. The van der Waals surface area contributed by atoms with Gasteiger partial charge in [-0.1, -0.05) is 25.1 Å². The van der Waals surface area contributed by atoms with E-state index in [-0.39, 0.29) is 19.1 Å². The van der Waals surface area contributed by atoms with E-state index in [1.807, 2.05) is 19.1 Å². The molecular formula is C30H41N3O8. The van der Waals surface area contributed by atoms with Crippen LogP contribution in [0.2, 0.25) is 0 Å². The van der Waals surface area contributed by atoms with Crippen LogP contribution in [0.4, 0.5) is 0 Å². The molecule has 1 amide bonds. The molecule has 41 heavy (non-hydrogen) atoms. The third-order valence-electron chi connectivity index (χ3n) is 7.04. The molecule has 1 fully saturated rings. The standard InChI is InChI=1S/C30H41N3O8/c1-6-20(4)32-33(14-18(2)15-34)17-30(39)27(37)26(36)25(16-35)41-29(30)40-24-11-10-22(12-19(24)3)21-8-7-9-23(13-21)28(38)31-5/h7-14,25-27,29,34-37,39H,6,15-17H2,1-5H3,(H,31,38)/b18-14+,32-20+/t25?,26-,27?,29+,30+/m1/s1. The number of hydrogen-bond donors (Lipinski definition) is 6.